The second-order valence-corrected chi connectivity index (χ2v) is 4.20. The van der Waals surface area contributed by atoms with E-state index in [1.807, 2.05) is 42.5 Å². The summed E-state index contributed by atoms with van der Waals surface area (Å²) in [4.78, 5) is 13.5. The molecule has 1 amide bonds. The Kier molecular flexibility index (Phi) is 4.36. The lowest BCUT2D eigenvalue weighted by Crippen LogP contribution is -2.43. The lowest BCUT2D eigenvalue weighted by atomic mass is 10.1. The molecule has 1 aromatic rings. The molecule has 1 N–H and O–H groups in total. The first-order chi connectivity index (χ1) is 8.81. The topological polar surface area (TPSA) is 49.8 Å². The number of hydrogen-bond donors (Lipinski definition) is 1. The van der Waals surface area contributed by atoms with Gasteiger partial charge in [-0.25, -0.2) is 4.79 Å². The Hall–Kier alpha value is -1.81. The van der Waals surface area contributed by atoms with E-state index in [0.717, 1.165) is 12.0 Å². The first-order valence-corrected chi connectivity index (χ1v) is 6.06. The predicted molar refractivity (Wildman–Crippen MR) is 68.0 cm³/mol. The van der Waals surface area contributed by atoms with Crippen molar-refractivity contribution in [2.45, 2.75) is 19.1 Å². The fourth-order valence-electron chi connectivity index (χ4n) is 1.92. The van der Waals surface area contributed by atoms with E-state index in [2.05, 4.69) is 0 Å². The molecule has 1 aliphatic rings. The number of ether oxygens (including phenoxy) is 1. The Balaban J connectivity index is 1.90. The molecule has 0 bridgehead atoms. The van der Waals surface area contributed by atoms with Crippen LogP contribution < -0.4 is 0 Å². The van der Waals surface area contributed by atoms with Crippen molar-refractivity contribution in [1.29, 1.82) is 0 Å². The van der Waals surface area contributed by atoms with Crippen molar-refractivity contribution in [1.82, 2.24) is 4.90 Å². The average Bonchev–Trinajstić information content (AvgIpc) is 2.45. The Morgan fingerprint density at radius 2 is 2.17 bits per heavy atom. The van der Waals surface area contributed by atoms with Gasteiger partial charge in [0, 0.05) is 6.54 Å². The number of amides is 1. The summed E-state index contributed by atoms with van der Waals surface area (Å²) in [6.07, 6.45) is 4.24. The second-order valence-electron chi connectivity index (χ2n) is 4.20. The van der Waals surface area contributed by atoms with Crippen LogP contribution in [0.2, 0.25) is 0 Å². The van der Waals surface area contributed by atoms with Gasteiger partial charge in [-0.15, -0.1) is 0 Å². The van der Waals surface area contributed by atoms with Crippen LogP contribution in [0.1, 0.15) is 12.0 Å². The number of aliphatic hydroxyl groups excluding tert-OH is 1. The van der Waals surface area contributed by atoms with Gasteiger partial charge < -0.3 is 9.84 Å². The normalized spacial score (nSPS) is 18.7. The number of hydrogen-bond acceptors (Lipinski definition) is 3. The molecule has 0 radical (unpaired) electrons. The van der Waals surface area contributed by atoms with Crippen LogP contribution in [-0.4, -0.2) is 35.3 Å². The minimum absolute atomic E-state index is 0.0725. The van der Waals surface area contributed by atoms with Crippen molar-refractivity contribution in [3.05, 3.63) is 48.0 Å². The zero-order valence-electron chi connectivity index (χ0n) is 10.2. The standard InChI is InChI=1S/C14H17NO3/c16-10-13-8-4-5-9-15(13)14(17)18-11-12-6-2-1-3-7-12/h1-4,6-8,13,16H,5,9-11H2. The van der Waals surface area contributed by atoms with E-state index >= 15 is 0 Å². The quantitative estimate of drug-likeness (QED) is 0.830. The van der Waals surface area contributed by atoms with Gasteiger partial charge in [-0.3, -0.25) is 4.90 Å². The van der Waals surface area contributed by atoms with Gasteiger partial charge in [0.05, 0.1) is 12.6 Å². The number of nitrogens with zero attached hydrogens (tertiary/aromatic N) is 1. The molecule has 0 saturated heterocycles. The van der Waals surface area contributed by atoms with Crippen molar-refractivity contribution < 1.29 is 14.6 Å². The van der Waals surface area contributed by atoms with Crippen LogP contribution >= 0.6 is 0 Å². The van der Waals surface area contributed by atoms with Gasteiger partial charge in [-0.2, -0.15) is 0 Å². The minimum Gasteiger partial charge on any atom is -0.445 e. The Morgan fingerprint density at radius 3 is 2.89 bits per heavy atom. The van der Waals surface area contributed by atoms with Crippen molar-refractivity contribution in [3.8, 4) is 0 Å². The van der Waals surface area contributed by atoms with Gasteiger partial charge in [0.25, 0.3) is 0 Å². The van der Waals surface area contributed by atoms with Crippen LogP contribution in [0.3, 0.4) is 0 Å². The van der Waals surface area contributed by atoms with E-state index in [4.69, 9.17) is 4.74 Å². The van der Waals surface area contributed by atoms with Crippen LogP contribution in [0.4, 0.5) is 4.79 Å². The van der Waals surface area contributed by atoms with Crippen LogP contribution in [0, 0.1) is 0 Å². The number of aliphatic hydroxyl groups is 1. The van der Waals surface area contributed by atoms with Crippen LogP contribution in [0.5, 0.6) is 0 Å². The number of carbonyl (C=O) groups excluding carboxylic acids is 1. The first kappa shape index (κ1) is 12.6. The Labute approximate surface area is 106 Å². The molecule has 0 aliphatic carbocycles. The van der Waals surface area contributed by atoms with Gasteiger partial charge >= 0.3 is 6.09 Å². The summed E-state index contributed by atoms with van der Waals surface area (Å²) in [6.45, 7) is 0.782. The summed E-state index contributed by atoms with van der Waals surface area (Å²) < 4.78 is 5.24. The third-order valence-electron chi connectivity index (χ3n) is 2.92. The van der Waals surface area contributed by atoms with Crippen LogP contribution in [-0.2, 0) is 11.3 Å². The highest BCUT2D eigenvalue weighted by Crippen LogP contribution is 2.12. The molecule has 1 atom stereocenters. The number of benzene rings is 1. The largest absolute Gasteiger partial charge is 0.445 e. The smallest absolute Gasteiger partial charge is 0.410 e. The molecule has 1 aliphatic heterocycles. The third kappa shape index (κ3) is 3.11. The molecule has 4 nitrogen and oxygen atoms in total. The number of carbonyl (C=O) groups is 1. The van der Waals surface area contributed by atoms with Crippen molar-refractivity contribution in [3.63, 3.8) is 0 Å². The maximum Gasteiger partial charge on any atom is 0.410 e. The van der Waals surface area contributed by atoms with E-state index in [-0.39, 0.29) is 25.3 Å². The molecule has 1 heterocycles. The van der Waals surface area contributed by atoms with E-state index in [1.165, 1.54) is 0 Å². The third-order valence-corrected chi connectivity index (χ3v) is 2.92. The summed E-state index contributed by atoms with van der Waals surface area (Å²) in [5.74, 6) is 0. The number of rotatable bonds is 3. The van der Waals surface area contributed by atoms with Crippen molar-refractivity contribution in [2.24, 2.45) is 0 Å². The van der Waals surface area contributed by atoms with Crippen molar-refractivity contribution >= 4 is 6.09 Å². The summed E-state index contributed by atoms with van der Waals surface area (Å²) in [7, 11) is 0. The second kappa shape index (κ2) is 6.21. The Bertz CT molecular complexity index is 416. The van der Waals surface area contributed by atoms with E-state index < -0.39 is 0 Å². The van der Waals surface area contributed by atoms with Gasteiger partial charge in [0.15, 0.2) is 0 Å². The SMILES string of the molecule is O=C(OCc1ccccc1)N1CCC=CC1CO. The molecule has 0 saturated carbocycles. The molecule has 0 spiro atoms. The minimum atomic E-state index is -0.373. The summed E-state index contributed by atoms with van der Waals surface area (Å²) >= 11 is 0. The fourth-order valence-corrected chi connectivity index (χ4v) is 1.92. The monoisotopic (exact) mass is 247 g/mol. The molecule has 1 aromatic carbocycles. The maximum absolute atomic E-state index is 11.9. The first-order valence-electron chi connectivity index (χ1n) is 6.06. The van der Waals surface area contributed by atoms with Crippen LogP contribution in [0.25, 0.3) is 0 Å². The van der Waals surface area contributed by atoms with E-state index in [9.17, 15) is 9.90 Å². The summed E-state index contributed by atoms with van der Waals surface area (Å²) in [5.41, 5.74) is 0.957. The molecule has 4 heteroatoms. The molecular formula is C14H17NO3. The molecular weight excluding hydrogens is 230 g/mol. The van der Waals surface area contributed by atoms with E-state index in [1.54, 1.807) is 4.90 Å². The molecule has 0 fully saturated rings. The van der Waals surface area contributed by atoms with E-state index in [0.29, 0.717) is 6.54 Å². The molecule has 2 rings (SSSR count). The zero-order chi connectivity index (χ0) is 12.8. The zero-order valence-corrected chi connectivity index (χ0v) is 10.2. The maximum atomic E-state index is 11.9. The van der Waals surface area contributed by atoms with Crippen LogP contribution in [0.15, 0.2) is 42.5 Å². The van der Waals surface area contributed by atoms with Gasteiger partial charge in [0.2, 0.25) is 0 Å². The lowest BCUT2D eigenvalue weighted by Gasteiger charge is -2.30. The highest BCUT2D eigenvalue weighted by atomic mass is 16.6. The molecule has 1 unspecified atom stereocenters. The van der Waals surface area contributed by atoms with Gasteiger partial charge in [-0.05, 0) is 12.0 Å². The van der Waals surface area contributed by atoms with Gasteiger partial charge in [0.1, 0.15) is 6.61 Å². The Morgan fingerprint density at radius 1 is 1.39 bits per heavy atom. The summed E-state index contributed by atoms with van der Waals surface area (Å²) in [6, 6.07) is 9.29. The average molecular weight is 247 g/mol. The van der Waals surface area contributed by atoms with Gasteiger partial charge in [-0.1, -0.05) is 42.5 Å². The predicted octanol–water partition coefficient (Wildman–Crippen LogP) is 1.95. The highest BCUT2D eigenvalue weighted by Gasteiger charge is 2.24. The highest BCUT2D eigenvalue weighted by molar-refractivity contribution is 5.68. The summed E-state index contributed by atoms with van der Waals surface area (Å²) in [5, 5.41) is 9.19. The molecule has 18 heavy (non-hydrogen) atoms. The fraction of sp³-hybridized carbons (Fsp3) is 0.357. The molecule has 0 aromatic heterocycles. The molecule has 96 valence electrons. The lowest BCUT2D eigenvalue weighted by molar-refractivity contribution is 0.0734. The van der Waals surface area contributed by atoms with Crippen molar-refractivity contribution in [2.75, 3.05) is 13.2 Å².